The van der Waals surface area contributed by atoms with Gasteiger partial charge in [-0.2, -0.15) is 4.37 Å². The van der Waals surface area contributed by atoms with Gasteiger partial charge in [0.2, 0.25) is 5.13 Å². The first-order valence-electron chi connectivity index (χ1n) is 5.83. The summed E-state index contributed by atoms with van der Waals surface area (Å²) in [5.74, 6) is 0.894. The number of rotatable bonds is 2. The number of anilines is 1. The van der Waals surface area contributed by atoms with Crippen molar-refractivity contribution in [1.29, 1.82) is 0 Å². The fourth-order valence-electron chi connectivity index (χ4n) is 2.30. The van der Waals surface area contributed by atoms with Crippen LogP contribution < -0.4 is 10.2 Å². The highest BCUT2D eigenvalue weighted by Gasteiger charge is 2.33. The fraction of sp³-hybridized carbons (Fsp3) is 0.800. The number of aromatic nitrogens is 2. The van der Waals surface area contributed by atoms with Gasteiger partial charge in [-0.3, -0.25) is 4.90 Å². The molecule has 2 aliphatic heterocycles. The van der Waals surface area contributed by atoms with Crippen LogP contribution in [-0.2, 0) is 0 Å². The minimum atomic E-state index is 0.728. The van der Waals surface area contributed by atoms with Crippen molar-refractivity contribution in [2.75, 3.05) is 44.2 Å². The van der Waals surface area contributed by atoms with Gasteiger partial charge in [-0.15, -0.1) is 0 Å². The average molecular weight is 239 g/mol. The number of aryl methyl sites for hydroxylation is 1. The molecule has 0 amide bonds. The molecule has 0 atom stereocenters. The summed E-state index contributed by atoms with van der Waals surface area (Å²) < 4.78 is 4.22. The minimum Gasteiger partial charge on any atom is -0.344 e. The largest absolute Gasteiger partial charge is 0.344 e. The molecule has 2 aliphatic rings. The molecule has 0 unspecified atom stereocenters. The van der Waals surface area contributed by atoms with E-state index in [0.29, 0.717) is 0 Å². The maximum Gasteiger partial charge on any atom is 0.205 e. The van der Waals surface area contributed by atoms with Crippen LogP contribution in [0.1, 0.15) is 5.82 Å². The molecule has 0 spiro atoms. The molecule has 5 nitrogen and oxygen atoms in total. The molecule has 3 rings (SSSR count). The zero-order valence-corrected chi connectivity index (χ0v) is 10.3. The molecule has 2 saturated heterocycles. The molecule has 0 saturated carbocycles. The van der Waals surface area contributed by atoms with Crippen molar-refractivity contribution in [3.63, 3.8) is 0 Å². The maximum absolute atomic E-state index is 4.41. The van der Waals surface area contributed by atoms with Crippen LogP contribution in [0.4, 0.5) is 5.13 Å². The Morgan fingerprint density at radius 3 is 2.69 bits per heavy atom. The van der Waals surface area contributed by atoms with E-state index in [2.05, 4.69) is 24.5 Å². The molecule has 1 N–H and O–H groups in total. The van der Waals surface area contributed by atoms with E-state index in [1.807, 2.05) is 6.92 Å². The molecule has 2 fully saturated rings. The van der Waals surface area contributed by atoms with Crippen LogP contribution in [0.2, 0.25) is 0 Å². The Morgan fingerprint density at radius 2 is 2.06 bits per heavy atom. The highest BCUT2D eigenvalue weighted by Crippen LogP contribution is 2.25. The Kier molecular flexibility index (Phi) is 2.79. The lowest BCUT2D eigenvalue weighted by Gasteiger charge is -2.46. The first-order chi connectivity index (χ1) is 7.83. The summed E-state index contributed by atoms with van der Waals surface area (Å²) in [7, 11) is 0. The van der Waals surface area contributed by atoms with Crippen molar-refractivity contribution in [3.8, 4) is 0 Å². The summed E-state index contributed by atoms with van der Waals surface area (Å²) in [6.07, 6.45) is 0. The van der Waals surface area contributed by atoms with Gasteiger partial charge >= 0.3 is 0 Å². The lowest BCUT2D eigenvalue weighted by atomic mass is 10.1. The van der Waals surface area contributed by atoms with Gasteiger partial charge < -0.3 is 10.2 Å². The van der Waals surface area contributed by atoms with Gasteiger partial charge in [0, 0.05) is 56.8 Å². The van der Waals surface area contributed by atoms with E-state index in [1.54, 1.807) is 0 Å². The zero-order valence-electron chi connectivity index (χ0n) is 9.52. The van der Waals surface area contributed by atoms with Crippen molar-refractivity contribution in [1.82, 2.24) is 19.6 Å². The summed E-state index contributed by atoms with van der Waals surface area (Å²) in [5, 5.41) is 4.48. The average Bonchev–Trinajstić information content (AvgIpc) is 2.64. The van der Waals surface area contributed by atoms with Gasteiger partial charge in [0.25, 0.3) is 0 Å². The lowest BCUT2D eigenvalue weighted by Crippen LogP contribution is -2.62. The van der Waals surface area contributed by atoms with E-state index >= 15 is 0 Å². The molecule has 3 heterocycles. The number of nitrogens with zero attached hydrogens (tertiary/aromatic N) is 4. The van der Waals surface area contributed by atoms with Crippen molar-refractivity contribution in [3.05, 3.63) is 5.82 Å². The van der Waals surface area contributed by atoms with Crippen molar-refractivity contribution in [2.45, 2.75) is 13.0 Å². The highest BCUT2D eigenvalue weighted by molar-refractivity contribution is 7.09. The van der Waals surface area contributed by atoms with E-state index in [1.165, 1.54) is 24.6 Å². The molecular formula is C10H17N5S. The molecule has 0 aromatic carbocycles. The molecule has 1 aromatic rings. The third-order valence-corrected chi connectivity index (χ3v) is 4.19. The summed E-state index contributed by atoms with van der Waals surface area (Å²) in [6, 6.07) is 0.728. The van der Waals surface area contributed by atoms with Crippen molar-refractivity contribution in [2.24, 2.45) is 0 Å². The predicted octanol–water partition coefficient (Wildman–Crippen LogP) is -0.0597. The van der Waals surface area contributed by atoms with Crippen molar-refractivity contribution >= 4 is 16.7 Å². The van der Waals surface area contributed by atoms with Gasteiger partial charge in [0.1, 0.15) is 5.82 Å². The normalized spacial score (nSPS) is 23.4. The van der Waals surface area contributed by atoms with E-state index in [4.69, 9.17) is 0 Å². The Morgan fingerprint density at radius 1 is 1.31 bits per heavy atom. The second kappa shape index (κ2) is 4.27. The van der Waals surface area contributed by atoms with Crippen LogP contribution in [0.3, 0.4) is 0 Å². The third-order valence-electron chi connectivity index (χ3n) is 3.32. The van der Waals surface area contributed by atoms with E-state index < -0.39 is 0 Å². The highest BCUT2D eigenvalue weighted by atomic mass is 32.1. The number of hydrogen-bond donors (Lipinski definition) is 1. The van der Waals surface area contributed by atoms with Gasteiger partial charge in [0.05, 0.1) is 0 Å². The van der Waals surface area contributed by atoms with Crippen LogP contribution in [0.15, 0.2) is 0 Å². The van der Waals surface area contributed by atoms with Gasteiger partial charge in [-0.05, 0) is 6.92 Å². The summed E-state index contributed by atoms with van der Waals surface area (Å²) in [4.78, 5) is 9.33. The molecule has 6 heteroatoms. The van der Waals surface area contributed by atoms with E-state index in [9.17, 15) is 0 Å². The van der Waals surface area contributed by atoms with Crippen LogP contribution in [-0.4, -0.2) is 59.6 Å². The van der Waals surface area contributed by atoms with Gasteiger partial charge in [-0.1, -0.05) is 0 Å². The number of hydrogen-bond acceptors (Lipinski definition) is 6. The molecule has 16 heavy (non-hydrogen) atoms. The molecular weight excluding hydrogens is 222 g/mol. The first kappa shape index (κ1) is 10.4. The number of nitrogens with one attached hydrogen (secondary N) is 1. The Labute approximate surface area is 99.6 Å². The molecule has 0 radical (unpaired) electrons. The smallest absolute Gasteiger partial charge is 0.205 e. The molecule has 0 aliphatic carbocycles. The number of piperazine rings is 1. The maximum atomic E-state index is 4.41. The Balaban J connectivity index is 1.54. The monoisotopic (exact) mass is 239 g/mol. The second-order valence-corrected chi connectivity index (χ2v) is 5.20. The van der Waals surface area contributed by atoms with Gasteiger partial charge in [0.15, 0.2) is 0 Å². The van der Waals surface area contributed by atoms with Crippen LogP contribution >= 0.6 is 11.5 Å². The summed E-state index contributed by atoms with van der Waals surface area (Å²) in [5.41, 5.74) is 0. The van der Waals surface area contributed by atoms with Crippen LogP contribution in [0, 0.1) is 6.92 Å². The molecule has 88 valence electrons. The summed E-state index contributed by atoms with van der Waals surface area (Å²) >= 11 is 1.52. The van der Waals surface area contributed by atoms with E-state index in [0.717, 1.165) is 43.2 Å². The SMILES string of the molecule is Cc1nsc(N2CC(N3CCNCC3)C2)n1. The van der Waals surface area contributed by atoms with Crippen LogP contribution in [0.5, 0.6) is 0 Å². The minimum absolute atomic E-state index is 0.728. The quantitative estimate of drug-likeness (QED) is 0.783. The van der Waals surface area contributed by atoms with Crippen LogP contribution in [0.25, 0.3) is 0 Å². The predicted molar refractivity (Wildman–Crippen MR) is 65.1 cm³/mol. The standard InChI is InChI=1S/C10H17N5S/c1-8-12-10(16-13-8)15-6-9(7-15)14-4-2-11-3-5-14/h9,11H,2-7H2,1H3. The zero-order chi connectivity index (χ0) is 11.0. The second-order valence-electron chi connectivity index (χ2n) is 4.47. The van der Waals surface area contributed by atoms with Crippen molar-refractivity contribution < 1.29 is 0 Å². The lowest BCUT2D eigenvalue weighted by molar-refractivity contribution is 0.147. The fourth-order valence-corrected chi connectivity index (χ4v) is 3.00. The molecule has 0 bridgehead atoms. The summed E-state index contributed by atoms with van der Waals surface area (Å²) in [6.45, 7) is 8.83. The van der Waals surface area contributed by atoms with Gasteiger partial charge in [-0.25, -0.2) is 4.98 Å². The van der Waals surface area contributed by atoms with E-state index in [-0.39, 0.29) is 0 Å². The first-order valence-corrected chi connectivity index (χ1v) is 6.60. The molecule has 1 aromatic heterocycles. The Hall–Kier alpha value is -0.720. The third kappa shape index (κ3) is 1.92. The Bertz CT molecular complexity index is 354. The topological polar surface area (TPSA) is 44.3 Å².